The van der Waals surface area contributed by atoms with Crippen LogP contribution in [0, 0.1) is 0 Å². The number of carbonyl (C=O) groups is 1. The molecule has 1 aliphatic heterocycles. The van der Waals surface area contributed by atoms with Crippen molar-refractivity contribution in [2.24, 2.45) is 5.73 Å². The molecule has 0 aliphatic carbocycles. The van der Waals surface area contributed by atoms with Crippen LogP contribution >= 0.6 is 12.2 Å². The van der Waals surface area contributed by atoms with Gasteiger partial charge in [-0.05, 0) is 49.7 Å². The van der Waals surface area contributed by atoms with Gasteiger partial charge in [0, 0.05) is 16.7 Å². The lowest BCUT2D eigenvalue weighted by molar-refractivity contribution is 0.0312. The van der Waals surface area contributed by atoms with Crippen molar-refractivity contribution in [3.8, 4) is 17.2 Å². The molecular formula is C22H25NO5S. The fraction of sp³-hybridized carbons (Fsp3) is 0.364. The first kappa shape index (κ1) is 21.1. The maximum absolute atomic E-state index is 12.4. The fourth-order valence-electron chi connectivity index (χ4n) is 3.08. The average Bonchev–Trinajstić information content (AvgIpc) is 2.73. The molecule has 7 heteroatoms. The van der Waals surface area contributed by atoms with Gasteiger partial charge in [-0.1, -0.05) is 19.1 Å². The third-order valence-corrected chi connectivity index (χ3v) is 5.11. The Hall–Kier alpha value is -2.64. The number of rotatable bonds is 8. The van der Waals surface area contributed by atoms with Crippen LogP contribution in [-0.2, 0) is 11.3 Å². The van der Waals surface area contributed by atoms with Crippen molar-refractivity contribution < 1.29 is 23.7 Å². The first-order valence-corrected chi connectivity index (χ1v) is 9.90. The summed E-state index contributed by atoms with van der Waals surface area (Å²) in [6.07, 6.45) is 0.0155. The van der Waals surface area contributed by atoms with Gasteiger partial charge >= 0.3 is 0 Å². The van der Waals surface area contributed by atoms with Gasteiger partial charge in [-0.2, -0.15) is 0 Å². The Morgan fingerprint density at radius 3 is 2.62 bits per heavy atom. The van der Waals surface area contributed by atoms with Gasteiger partial charge in [-0.3, -0.25) is 4.79 Å². The second-order valence-electron chi connectivity index (χ2n) is 6.79. The minimum Gasteiger partial charge on any atom is -0.493 e. The van der Waals surface area contributed by atoms with Crippen molar-refractivity contribution in [2.75, 3.05) is 13.7 Å². The lowest BCUT2D eigenvalue weighted by atomic mass is 9.97. The van der Waals surface area contributed by atoms with Gasteiger partial charge in [0.1, 0.15) is 29.6 Å². The molecular weight excluding hydrogens is 390 g/mol. The van der Waals surface area contributed by atoms with E-state index in [1.165, 1.54) is 0 Å². The highest BCUT2D eigenvalue weighted by Gasteiger charge is 2.30. The smallest absolute Gasteiger partial charge is 0.191 e. The summed E-state index contributed by atoms with van der Waals surface area (Å²) in [5.74, 6) is 1.74. The van der Waals surface area contributed by atoms with Crippen LogP contribution in [0.4, 0.5) is 0 Å². The minimum absolute atomic E-state index is 0.0547. The van der Waals surface area contributed by atoms with E-state index in [0.29, 0.717) is 53.0 Å². The highest BCUT2D eigenvalue weighted by molar-refractivity contribution is 7.80. The summed E-state index contributed by atoms with van der Waals surface area (Å²) in [6.45, 7) is 4.39. The van der Waals surface area contributed by atoms with Crippen LogP contribution in [0.15, 0.2) is 36.4 Å². The van der Waals surface area contributed by atoms with Crippen molar-refractivity contribution in [2.45, 2.75) is 39.1 Å². The normalized spacial score (nSPS) is 16.7. The summed E-state index contributed by atoms with van der Waals surface area (Å²) in [6, 6.07) is 10.8. The van der Waals surface area contributed by atoms with E-state index in [1.807, 2.05) is 31.2 Å². The van der Waals surface area contributed by atoms with Crippen LogP contribution in [0.1, 0.15) is 41.8 Å². The van der Waals surface area contributed by atoms with Gasteiger partial charge in [0.25, 0.3) is 0 Å². The Kier molecular flexibility index (Phi) is 6.71. The summed E-state index contributed by atoms with van der Waals surface area (Å²) in [7, 11) is 1.57. The third-order valence-electron chi connectivity index (χ3n) is 4.87. The number of ketones is 1. The molecule has 2 unspecified atom stereocenters. The van der Waals surface area contributed by atoms with Gasteiger partial charge in [0.15, 0.2) is 17.3 Å². The fourth-order valence-corrected chi connectivity index (χ4v) is 3.22. The topological polar surface area (TPSA) is 80.0 Å². The number of ether oxygens (including phenoxy) is 4. The summed E-state index contributed by atoms with van der Waals surface area (Å²) >= 11 is 4.96. The molecule has 0 aromatic heterocycles. The first-order chi connectivity index (χ1) is 13.9. The number of nitrogens with two attached hydrogens (primary N) is 1. The molecule has 0 spiro atoms. The van der Waals surface area contributed by atoms with Gasteiger partial charge < -0.3 is 24.7 Å². The Morgan fingerprint density at radius 1 is 1.28 bits per heavy atom. The van der Waals surface area contributed by atoms with Gasteiger partial charge in [-0.15, -0.1) is 0 Å². The number of fused-ring (bicyclic) bond motifs is 1. The lowest BCUT2D eigenvalue weighted by Gasteiger charge is -2.27. The molecule has 0 fully saturated rings. The molecule has 2 aromatic carbocycles. The molecule has 2 atom stereocenters. The highest BCUT2D eigenvalue weighted by Crippen LogP contribution is 2.38. The van der Waals surface area contributed by atoms with E-state index in [1.54, 1.807) is 26.2 Å². The van der Waals surface area contributed by atoms with Gasteiger partial charge in [0.2, 0.25) is 0 Å². The molecule has 6 nitrogen and oxygen atoms in total. The van der Waals surface area contributed by atoms with E-state index < -0.39 is 6.10 Å². The maximum Gasteiger partial charge on any atom is 0.191 e. The summed E-state index contributed by atoms with van der Waals surface area (Å²) in [5, 5.41) is 0. The van der Waals surface area contributed by atoms with E-state index in [-0.39, 0.29) is 11.9 Å². The quantitative estimate of drug-likeness (QED) is 0.659. The molecule has 2 N–H and O–H groups in total. The lowest BCUT2D eigenvalue weighted by Crippen LogP contribution is -2.29. The summed E-state index contributed by atoms with van der Waals surface area (Å²) < 4.78 is 23.2. The molecule has 0 bridgehead atoms. The van der Waals surface area contributed by atoms with E-state index in [2.05, 4.69) is 0 Å². The van der Waals surface area contributed by atoms with Crippen molar-refractivity contribution in [3.05, 3.63) is 53.1 Å². The average molecular weight is 416 g/mol. The summed E-state index contributed by atoms with van der Waals surface area (Å²) in [4.78, 5) is 12.8. The van der Waals surface area contributed by atoms with Gasteiger partial charge in [0.05, 0.1) is 13.7 Å². The number of methoxy groups -OCH3 is 1. The highest BCUT2D eigenvalue weighted by atomic mass is 32.1. The Bertz CT molecular complexity index is 897. The van der Waals surface area contributed by atoms with Crippen LogP contribution < -0.4 is 19.9 Å². The summed E-state index contributed by atoms with van der Waals surface area (Å²) in [5.41, 5.74) is 7.74. The Morgan fingerprint density at radius 2 is 2.00 bits per heavy atom. The van der Waals surface area contributed by atoms with Crippen LogP contribution in [0.5, 0.6) is 17.2 Å². The van der Waals surface area contributed by atoms with Crippen molar-refractivity contribution in [3.63, 3.8) is 0 Å². The Balaban J connectivity index is 1.76. The predicted molar refractivity (Wildman–Crippen MR) is 114 cm³/mol. The molecule has 2 aromatic rings. The number of hydrogen-bond acceptors (Lipinski definition) is 6. The molecule has 0 saturated heterocycles. The molecule has 3 rings (SSSR count). The first-order valence-electron chi connectivity index (χ1n) is 9.49. The van der Waals surface area contributed by atoms with Crippen molar-refractivity contribution >= 4 is 23.0 Å². The second kappa shape index (κ2) is 9.24. The van der Waals surface area contributed by atoms with Crippen molar-refractivity contribution in [1.29, 1.82) is 0 Å². The van der Waals surface area contributed by atoms with Crippen LogP contribution in [0.3, 0.4) is 0 Å². The van der Waals surface area contributed by atoms with E-state index >= 15 is 0 Å². The predicted octanol–water partition coefficient (Wildman–Crippen LogP) is 3.67. The van der Waals surface area contributed by atoms with Crippen LogP contribution in [0.2, 0.25) is 0 Å². The van der Waals surface area contributed by atoms with Gasteiger partial charge in [-0.25, -0.2) is 0 Å². The second-order valence-corrected chi connectivity index (χ2v) is 7.23. The number of carbonyl (C=O) groups excluding carboxylic acids is 1. The van der Waals surface area contributed by atoms with E-state index in [9.17, 15) is 4.79 Å². The zero-order chi connectivity index (χ0) is 21.0. The number of hydrogen-bond donors (Lipinski definition) is 1. The molecule has 1 heterocycles. The molecule has 0 amide bonds. The molecule has 29 heavy (non-hydrogen) atoms. The number of thiocarbonyl (C=S) groups is 1. The zero-order valence-electron chi connectivity index (χ0n) is 16.8. The van der Waals surface area contributed by atoms with Crippen LogP contribution in [-0.4, -0.2) is 36.7 Å². The largest absolute Gasteiger partial charge is 0.493 e. The minimum atomic E-state index is -0.460. The maximum atomic E-state index is 12.4. The van der Waals surface area contributed by atoms with Crippen LogP contribution in [0.25, 0.3) is 0 Å². The van der Waals surface area contributed by atoms with Crippen molar-refractivity contribution in [1.82, 2.24) is 0 Å². The third kappa shape index (κ3) is 4.68. The van der Waals surface area contributed by atoms with E-state index in [4.69, 9.17) is 36.9 Å². The number of benzene rings is 2. The monoisotopic (exact) mass is 415 g/mol. The molecule has 0 saturated carbocycles. The zero-order valence-corrected chi connectivity index (χ0v) is 17.6. The standard InChI is InChI=1S/C22H25NO5S/c1-4-15(11-27-16-7-5-14(6-8-16)22(23)29)28-21-18-12-26-13(2)20(24)17(18)9-10-19(21)25-3/h5-10,13,15H,4,11-12H2,1-3H3,(H2,23,29). The van der Waals surface area contributed by atoms with E-state index in [0.717, 1.165) is 5.56 Å². The SMILES string of the molecule is CCC(COc1ccc(C(N)=S)cc1)Oc1c(OC)ccc2c1COC(C)C2=O. The molecule has 1 aliphatic rings. The molecule has 154 valence electrons. The Labute approximate surface area is 175 Å². The molecule has 0 radical (unpaired) electrons. The number of Topliss-reactive ketones (excluding diaryl/α,β-unsaturated/α-hetero) is 1.